The second-order valence-corrected chi connectivity index (χ2v) is 8.12. The molecular weight excluding hydrogens is 362 g/mol. The second-order valence-electron chi connectivity index (χ2n) is 8.12. The molecule has 148 valence electrons. The SMILES string of the molecule is O=C(NCC1=CCNCC1)C1CC(=O)N(c2ccc3c(c2)Cc2ccccc2-3)C1. The predicted molar refractivity (Wildman–Crippen MR) is 114 cm³/mol. The van der Waals surface area contributed by atoms with Crippen LogP contribution in [0.5, 0.6) is 0 Å². The first kappa shape index (κ1) is 18.1. The third-order valence-electron chi connectivity index (χ3n) is 6.23. The van der Waals surface area contributed by atoms with Crippen molar-refractivity contribution in [2.75, 3.05) is 31.1 Å². The molecule has 0 spiro atoms. The van der Waals surface area contributed by atoms with Gasteiger partial charge in [-0.25, -0.2) is 0 Å². The molecule has 1 aliphatic carbocycles. The summed E-state index contributed by atoms with van der Waals surface area (Å²) in [6, 6.07) is 14.7. The minimum Gasteiger partial charge on any atom is -0.352 e. The van der Waals surface area contributed by atoms with Gasteiger partial charge in [0.2, 0.25) is 11.8 Å². The first-order valence-electron chi connectivity index (χ1n) is 10.4. The number of fused-ring (bicyclic) bond motifs is 3. The van der Waals surface area contributed by atoms with E-state index in [2.05, 4.69) is 53.1 Å². The minimum absolute atomic E-state index is 0.0196. The second kappa shape index (κ2) is 7.48. The molecule has 1 unspecified atom stereocenters. The van der Waals surface area contributed by atoms with Gasteiger partial charge in [-0.15, -0.1) is 0 Å². The highest BCUT2D eigenvalue weighted by Gasteiger charge is 2.35. The van der Waals surface area contributed by atoms with Crippen molar-refractivity contribution in [1.29, 1.82) is 0 Å². The van der Waals surface area contributed by atoms with Crippen LogP contribution >= 0.6 is 0 Å². The largest absolute Gasteiger partial charge is 0.352 e. The van der Waals surface area contributed by atoms with Crippen molar-refractivity contribution in [1.82, 2.24) is 10.6 Å². The van der Waals surface area contributed by atoms with E-state index in [1.165, 1.54) is 27.8 Å². The van der Waals surface area contributed by atoms with E-state index in [-0.39, 0.29) is 24.2 Å². The molecule has 1 atom stereocenters. The summed E-state index contributed by atoms with van der Waals surface area (Å²) in [5.41, 5.74) is 7.28. The van der Waals surface area contributed by atoms with E-state index < -0.39 is 0 Å². The van der Waals surface area contributed by atoms with Crippen LogP contribution in [0.3, 0.4) is 0 Å². The highest BCUT2D eigenvalue weighted by Crippen LogP contribution is 2.39. The summed E-state index contributed by atoms with van der Waals surface area (Å²) in [6.45, 7) is 2.86. The van der Waals surface area contributed by atoms with Crippen molar-refractivity contribution in [3.63, 3.8) is 0 Å². The molecular formula is C24H25N3O2. The maximum atomic E-state index is 12.6. The van der Waals surface area contributed by atoms with Gasteiger partial charge >= 0.3 is 0 Å². The third-order valence-corrected chi connectivity index (χ3v) is 6.23. The zero-order valence-electron chi connectivity index (χ0n) is 16.4. The van der Waals surface area contributed by atoms with E-state index in [0.29, 0.717) is 13.1 Å². The molecule has 5 rings (SSSR count). The number of anilines is 1. The fourth-order valence-electron chi connectivity index (χ4n) is 4.61. The monoisotopic (exact) mass is 387 g/mol. The Hall–Kier alpha value is -2.92. The Balaban J connectivity index is 1.27. The van der Waals surface area contributed by atoms with Gasteiger partial charge in [0.05, 0.1) is 5.92 Å². The van der Waals surface area contributed by atoms with Gasteiger partial charge in [0.1, 0.15) is 0 Å². The minimum atomic E-state index is -0.282. The fraction of sp³-hybridized carbons (Fsp3) is 0.333. The lowest BCUT2D eigenvalue weighted by atomic mass is 10.1. The predicted octanol–water partition coefficient (Wildman–Crippen LogP) is 2.65. The zero-order chi connectivity index (χ0) is 19.8. The van der Waals surface area contributed by atoms with Gasteiger partial charge in [-0.2, -0.15) is 0 Å². The van der Waals surface area contributed by atoms with Crippen LogP contribution in [0, 0.1) is 5.92 Å². The van der Waals surface area contributed by atoms with Gasteiger partial charge in [0.25, 0.3) is 0 Å². The lowest BCUT2D eigenvalue weighted by molar-refractivity contribution is -0.126. The van der Waals surface area contributed by atoms with Crippen molar-refractivity contribution in [2.45, 2.75) is 19.3 Å². The van der Waals surface area contributed by atoms with Gasteiger partial charge in [-0.1, -0.05) is 42.0 Å². The topological polar surface area (TPSA) is 61.4 Å². The van der Waals surface area contributed by atoms with Gasteiger partial charge in [-0.3, -0.25) is 9.59 Å². The molecule has 1 fully saturated rings. The molecule has 2 heterocycles. The number of carbonyl (C=O) groups excluding carboxylic acids is 2. The van der Waals surface area contributed by atoms with Gasteiger partial charge < -0.3 is 15.5 Å². The molecule has 5 nitrogen and oxygen atoms in total. The van der Waals surface area contributed by atoms with Crippen LogP contribution in [-0.4, -0.2) is 38.0 Å². The lowest BCUT2D eigenvalue weighted by Crippen LogP contribution is -2.35. The van der Waals surface area contributed by atoms with Crippen LogP contribution in [0.1, 0.15) is 24.0 Å². The van der Waals surface area contributed by atoms with Gasteiger partial charge in [0.15, 0.2) is 0 Å². The van der Waals surface area contributed by atoms with E-state index in [0.717, 1.165) is 31.6 Å². The van der Waals surface area contributed by atoms with E-state index in [1.807, 2.05) is 6.07 Å². The molecule has 0 aromatic heterocycles. The quantitative estimate of drug-likeness (QED) is 0.677. The molecule has 0 saturated carbocycles. The van der Waals surface area contributed by atoms with Crippen molar-refractivity contribution in [3.8, 4) is 11.1 Å². The first-order valence-corrected chi connectivity index (χ1v) is 10.4. The van der Waals surface area contributed by atoms with Crippen molar-refractivity contribution in [2.24, 2.45) is 5.92 Å². The van der Waals surface area contributed by atoms with E-state index in [1.54, 1.807) is 4.90 Å². The number of carbonyl (C=O) groups is 2. The summed E-state index contributed by atoms with van der Waals surface area (Å²) < 4.78 is 0. The van der Waals surface area contributed by atoms with Gasteiger partial charge in [0, 0.05) is 31.7 Å². The molecule has 2 aromatic rings. The van der Waals surface area contributed by atoms with Crippen LogP contribution < -0.4 is 15.5 Å². The maximum Gasteiger partial charge on any atom is 0.227 e. The molecule has 29 heavy (non-hydrogen) atoms. The molecule has 0 bridgehead atoms. The van der Waals surface area contributed by atoms with Crippen LogP contribution in [0.4, 0.5) is 5.69 Å². The Morgan fingerprint density at radius 1 is 1.14 bits per heavy atom. The number of rotatable bonds is 4. The first-order chi connectivity index (χ1) is 14.2. The van der Waals surface area contributed by atoms with Crippen LogP contribution in [0.2, 0.25) is 0 Å². The Bertz CT molecular complexity index is 1010. The number of nitrogens with one attached hydrogen (secondary N) is 2. The maximum absolute atomic E-state index is 12.6. The van der Waals surface area contributed by atoms with Crippen molar-refractivity contribution < 1.29 is 9.59 Å². The standard InChI is InChI=1S/C24H25N3O2/c28-23-13-19(24(29)26-14-16-7-9-25-10-8-16)15-27(23)20-5-6-22-18(12-20)11-17-3-1-2-4-21(17)22/h1-7,12,19,25H,8-11,13-15H2,(H,26,29). The molecule has 2 aliphatic heterocycles. The fourth-order valence-corrected chi connectivity index (χ4v) is 4.61. The summed E-state index contributed by atoms with van der Waals surface area (Å²) in [6.07, 6.45) is 4.28. The summed E-state index contributed by atoms with van der Waals surface area (Å²) in [7, 11) is 0. The van der Waals surface area contributed by atoms with Crippen LogP contribution in [-0.2, 0) is 16.0 Å². The van der Waals surface area contributed by atoms with Crippen molar-refractivity contribution >= 4 is 17.5 Å². The summed E-state index contributed by atoms with van der Waals surface area (Å²) in [5, 5.41) is 6.30. The molecule has 5 heteroatoms. The Kier molecular flexibility index (Phi) is 4.68. The summed E-state index contributed by atoms with van der Waals surface area (Å²) in [5.74, 6) is -0.272. The normalized spacial score (nSPS) is 20.3. The number of hydrogen-bond donors (Lipinski definition) is 2. The molecule has 2 N–H and O–H groups in total. The summed E-state index contributed by atoms with van der Waals surface area (Å²) >= 11 is 0. The average Bonchev–Trinajstić information content (AvgIpc) is 3.32. The molecule has 3 aliphatic rings. The highest BCUT2D eigenvalue weighted by atomic mass is 16.2. The molecule has 2 amide bonds. The van der Waals surface area contributed by atoms with Crippen molar-refractivity contribution in [3.05, 3.63) is 65.2 Å². The number of nitrogens with zero attached hydrogens (tertiary/aromatic N) is 1. The average molecular weight is 387 g/mol. The van der Waals surface area contributed by atoms with Crippen LogP contribution in [0.15, 0.2) is 54.1 Å². The molecule has 1 saturated heterocycles. The van der Waals surface area contributed by atoms with E-state index >= 15 is 0 Å². The molecule has 2 aromatic carbocycles. The number of hydrogen-bond acceptors (Lipinski definition) is 3. The van der Waals surface area contributed by atoms with Gasteiger partial charge in [-0.05, 0) is 53.8 Å². The van der Waals surface area contributed by atoms with E-state index in [4.69, 9.17) is 0 Å². The van der Waals surface area contributed by atoms with Crippen LogP contribution in [0.25, 0.3) is 11.1 Å². The summed E-state index contributed by atoms with van der Waals surface area (Å²) in [4.78, 5) is 27.0. The highest BCUT2D eigenvalue weighted by molar-refractivity contribution is 6.00. The molecule has 0 radical (unpaired) electrons. The third kappa shape index (κ3) is 3.47. The number of benzene rings is 2. The zero-order valence-corrected chi connectivity index (χ0v) is 16.4. The smallest absolute Gasteiger partial charge is 0.227 e. The lowest BCUT2D eigenvalue weighted by Gasteiger charge is -2.18. The Morgan fingerprint density at radius 2 is 2.00 bits per heavy atom. The Labute approximate surface area is 170 Å². The van der Waals surface area contributed by atoms with E-state index in [9.17, 15) is 9.59 Å². The Morgan fingerprint density at radius 3 is 2.86 bits per heavy atom. The number of amides is 2.